The van der Waals surface area contributed by atoms with Crippen LogP contribution in [0.2, 0.25) is 0 Å². The molecule has 6 nitrogen and oxygen atoms in total. The number of nitrogens with one attached hydrogen (secondary N) is 3. The van der Waals surface area contributed by atoms with E-state index in [2.05, 4.69) is 40.7 Å². The number of carbonyl (C=O) groups is 1. The van der Waals surface area contributed by atoms with E-state index in [0.717, 1.165) is 18.8 Å². The lowest BCUT2D eigenvalue weighted by Gasteiger charge is -2.33. The van der Waals surface area contributed by atoms with Crippen LogP contribution in [0.1, 0.15) is 19.4 Å². The summed E-state index contributed by atoms with van der Waals surface area (Å²) in [6.45, 7) is 9.78. The van der Waals surface area contributed by atoms with Crippen LogP contribution in [0, 0.1) is 11.3 Å². The lowest BCUT2D eigenvalue weighted by Crippen LogP contribution is -3.14. The lowest BCUT2D eigenvalue weighted by molar-refractivity contribution is -0.898. The second kappa shape index (κ2) is 9.25. The highest BCUT2D eigenvalue weighted by molar-refractivity contribution is 5.96. The molecule has 2 aromatic rings. The summed E-state index contributed by atoms with van der Waals surface area (Å²) < 4.78 is 0. The highest BCUT2D eigenvalue weighted by atomic mass is 16.2. The second-order valence-corrected chi connectivity index (χ2v) is 7.19. The number of carbonyl (C=O) groups excluding carboxylic acids is 1. The molecule has 0 unspecified atom stereocenters. The smallest absolute Gasteiger partial charge is 0.246 e. The van der Waals surface area contributed by atoms with E-state index in [-0.39, 0.29) is 5.91 Å². The third kappa shape index (κ3) is 5.02. The van der Waals surface area contributed by atoms with Crippen molar-refractivity contribution >= 4 is 23.0 Å². The zero-order valence-electron chi connectivity index (χ0n) is 16.5. The molecule has 1 aliphatic rings. The molecule has 1 aliphatic heterocycles. The molecule has 1 amide bonds. The van der Waals surface area contributed by atoms with Crippen LogP contribution >= 0.6 is 0 Å². The molecule has 0 aliphatic carbocycles. The van der Waals surface area contributed by atoms with Crippen LogP contribution in [0.25, 0.3) is 0 Å². The first-order chi connectivity index (χ1) is 13.6. The molecule has 1 fully saturated rings. The molecule has 3 rings (SSSR count). The monoisotopic (exact) mass is 378 g/mol. The number of nitrogens with zero attached hydrogens (tertiary/aromatic N) is 2. The van der Waals surface area contributed by atoms with Gasteiger partial charge in [0, 0.05) is 17.1 Å². The molecule has 28 heavy (non-hydrogen) atoms. The fourth-order valence-electron chi connectivity index (χ4n) is 3.44. The third-order valence-corrected chi connectivity index (χ3v) is 5.24. The quantitative estimate of drug-likeness (QED) is 0.716. The van der Waals surface area contributed by atoms with E-state index in [1.807, 2.05) is 19.1 Å². The lowest BCUT2D eigenvalue weighted by atomic mass is 10.2. The molecular weight excluding hydrogens is 350 g/mol. The van der Waals surface area contributed by atoms with Gasteiger partial charge in [-0.2, -0.15) is 5.26 Å². The van der Waals surface area contributed by atoms with Gasteiger partial charge in [0.15, 0.2) is 0 Å². The predicted molar refractivity (Wildman–Crippen MR) is 113 cm³/mol. The van der Waals surface area contributed by atoms with Crippen molar-refractivity contribution in [1.82, 2.24) is 0 Å². The van der Waals surface area contributed by atoms with E-state index < -0.39 is 6.04 Å². The van der Waals surface area contributed by atoms with Gasteiger partial charge >= 0.3 is 0 Å². The van der Waals surface area contributed by atoms with Gasteiger partial charge < -0.3 is 20.4 Å². The van der Waals surface area contributed by atoms with Gasteiger partial charge in [-0.25, -0.2) is 0 Å². The van der Waals surface area contributed by atoms with Crippen molar-refractivity contribution in [2.75, 3.05) is 48.3 Å². The summed E-state index contributed by atoms with van der Waals surface area (Å²) in [6.07, 6.45) is 0. The van der Waals surface area contributed by atoms with Crippen LogP contribution in [0.3, 0.4) is 0 Å². The van der Waals surface area contributed by atoms with E-state index in [1.165, 1.54) is 25.3 Å². The maximum Gasteiger partial charge on any atom is 0.246 e. The Labute approximate surface area is 166 Å². The summed E-state index contributed by atoms with van der Waals surface area (Å²) in [5, 5.41) is 15.0. The van der Waals surface area contributed by atoms with Crippen molar-refractivity contribution in [2.24, 2.45) is 0 Å². The second-order valence-electron chi connectivity index (χ2n) is 7.19. The molecule has 146 valence electrons. The highest BCUT2D eigenvalue weighted by Gasteiger charge is 2.19. The molecule has 1 heterocycles. The first-order valence-electron chi connectivity index (χ1n) is 9.85. The largest absolute Gasteiger partial charge is 0.374 e. The minimum atomic E-state index is -0.395. The average Bonchev–Trinajstić information content (AvgIpc) is 2.74. The van der Waals surface area contributed by atoms with Crippen LogP contribution in [0.4, 0.5) is 17.1 Å². The van der Waals surface area contributed by atoms with Crippen LogP contribution in [-0.2, 0) is 4.79 Å². The van der Waals surface area contributed by atoms with Gasteiger partial charge in [-0.15, -0.1) is 0 Å². The van der Waals surface area contributed by atoms with E-state index in [1.54, 1.807) is 29.2 Å². The minimum Gasteiger partial charge on any atom is -0.374 e. The molecule has 1 saturated heterocycles. The summed E-state index contributed by atoms with van der Waals surface area (Å²) in [4.78, 5) is 16.5. The Morgan fingerprint density at radius 3 is 2.54 bits per heavy atom. The van der Waals surface area contributed by atoms with E-state index in [0.29, 0.717) is 11.3 Å². The summed E-state index contributed by atoms with van der Waals surface area (Å²) in [7, 11) is 0. The van der Waals surface area contributed by atoms with Crippen molar-refractivity contribution in [1.29, 1.82) is 5.26 Å². The first-order valence-corrected chi connectivity index (χ1v) is 9.85. The fourth-order valence-corrected chi connectivity index (χ4v) is 3.44. The van der Waals surface area contributed by atoms with Gasteiger partial charge in [0.1, 0.15) is 6.04 Å². The summed E-state index contributed by atoms with van der Waals surface area (Å²) >= 11 is 0. The Bertz CT molecular complexity index is 835. The average molecular weight is 379 g/mol. The molecule has 6 heteroatoms. The Kier molecular flexibility index (Phi) is 6.51. The number of benzene rings is 2. The third-order valence-electron chi connectivity index (χ3n) is 5.24. The highest BCUT2D eigenvalue weighted by Crippen LogP contribution is 2.19. The van der Waals surface area contributed by atoms with Crippen LogP contribution < -0.4 is 20.4 Å². The number of quaternary nitrogens is 1. The van der Waals surface area contributed by atoms with Crippen molar-refractivity contribution in [3.8, 4) is 6.07 Å². The molecule has 0 aromatic heterocycles. The Morgan fingerprint density at radius 2 is 1.89 bits per heavy atom. The number of nitriles is 1. The maximum atomic E-state index is 12.4. The predicted octanol–water partition coefficient (Wildman–Crippen LogP) is 1.72. The summed E-state index contributed by atoms with van der Waals surface area (Å²) in [5.74, 6) is -0.141. The van der Waals surface area contributed by atoms with Crippen LogP contribution in [-0.4, -0.2) is 44.7 Å². The van der Waals surface area contributed by atoms with Gasteiger partial charge in [0.05, 0.1) is 44.4 Å². The minimum absolute atomic E-state index is 0.141. The normalized spacial score (nSPS) is 15.5. The van der Waals surface area contributed by atoms with E-state index >= 15 is 0 Å². The standard InChI is InChI=1S/C22H27N5O/c1-3-26-11-13-27(14-12-26)21-9-7-19(8-10-21)24-17(2)22(28)25-20-6-4-5-18(15-20)16-23/h4-10,15,17,24H,3,11-14H2,1-2H3,(H,25,28)/p+1/t17-/m1/s1. The molecule has 3 N–H and O–H groups in total. The van der Waals surface area contributed by atoms with Crippen molar-refractivity contribution in [3.05, 3.63) is 54.1 Å². The molecule has 2 aromatic carbocycles. The number of amides is 1. The van der Waals surface area contributed by atoms with Gasteiger partial charge in [0.25, 0.3) is 0 Å². The van der Waals surface area contributed by atoms with Gasteiger partial charge in [-0.1, -0.05) is 6.07 Å². The van der Waals surface area contributed by atoms with Crippen LogP contribution in [0.15, 0.2) is 48.5 Å². The molecular formula is C22H28N5O+. The molecule has 0 radical (unpaired) electrons. The Balaban J connectivity index is 1.54. The number of rotatable bonds is 6. The number of likely N-dealkylation sites (N-methyl/N-ethyl adjacent to an activating group) is 1. The fraction of sp³-hybridized carbons (Fsp3) is 0.364. The van der Waals surface area contributed by atoms with Gasteiger partial charge in [-0.3, -0.25) is 4.79 Å². The maximum absolute atomic E-state index is 12.4. The number of hydrogen-bond acceptors (Lipinski definition) is 4. The van der Waals surface area contributed by atoms with Crippen molar-refractivity contribution < 1.29 is 9.69 Å². The van der Waals surface area contributed by atoms with Gasteiger partial charge in [-0.05, 0) is 56.3 Å². The zero-order chi connectivity index (χ0) is 19.9. The van der Waals surface area contributed by atoms with E-state index in [9.17, 15) is 4.79 Å². The van der Waals surface area contributed by atoms with E-state index in [4.69, 9.17) is 5.26 Å². The zero-order valence-corrected chi connectivity index (χ0v) is 16.5. The number of piperazine rings is 1. The molecule has 0 spiro atoms. The Morgan fingerprint density at radius 1 is 1.18 bits per heavy atom. The summed E-state index contributed by atoms with van der Waals surface area (Å²) in [5.41, 5.74) is 3.29. The molecule has 0 bridgehead atoms. The van der Waals surface area contributed by atoms with Crippen molar-refractivity contribution in [3.63, 3.8) is 0 Å². The first kappa shape index (κ1) is 19.7. The van der Waals surface area contributed by atoms with Gasteiger partial charge in [0.2, 0.25) is 5.91 Å². The number of hydrogen-bond donors (Lipinski definition) is 3. The van der Waals surface area contributed by atoms with Crippen molar-refractivity contribution in [2.45, 2.75) is 19.9 Å². The topological polar surface area (TPSA) is 72.6 Å². The molecule has 1 atom stereocenters. The van der Waals surface area contributed by atoms with Crippen LogP contribution in [0.5, 0.6) is 0 Å². The molecule has 0 saturated carbocycles. The SMILES string of the molecule is CC[NH+]1CCN(c2ccc(N[C@H](C)C(=O)Nc3cccc(C#N)c3)cc2)CC1. The Hall–Kier alpha value is -3.04. The summed E-state index contributed by atoms with van der Waals surface area (Å²) in [6, 6.07) is 16.9. The number of anilines is 3.